The number of hydrogen-bond acceptors (Lipinski definition) is 4. The van der Waals surface area contributed by atoms with Gasteiger partial charge in [0.1, 0.15) is 0 Å². The van der Waals surface area contributed by atoms with E-state index in [1.54, 1.807) is 11.9 Å². The Labute approximate surface area is 121 Å². The fraction of sp³-hybridized carbons (Fsp3) is 0.385. The van der Waals surface area contributed by atoms with E-state index in [0.29, 0.717) is 6.54 Å². The number of nitrogens with one attached hydrogen (secondary N) is 1. The maximum absolute atomic E-state index is 11.7. The van der Waals surface area contributed by atoms with Crippen molar-refractivity contribution in [3.63, 3.8) is 0 Å². The van der Waals surface area contributed by atoms with E-state index in [9.17, 15) is 9.59 Å². The number of benzene rings is 1. The summed E-state index contributed by atoms with van der Waals surface area (Å²) in [5.74, 6) is -0.394. The molecule has 104 valence electrons. The molecule has 0 aliphatic rings. The summed E-state index contributed by atoms with van der Waals surface area (Å²) in [7, 11) is 3.13. The Bertz CT molecular complexity index is 434. The molecule has 0 aliphatic heterocycles. The first-order valence-corrected chi connectivity index (χ1v) is 6.61. The summed E-state index contributed by atoms with van der Waals surface area (Å²) in [5.41, 5.74) is 0.745. The van der Waals surface area contributed by atoms with Crippen molar-refractivity contribution in [2.45, 2.75) is 6.42 Å². The summed E-state index contributed by atoms with van der Waals surface area (Å²) in [5, 5.41) is 2.78. The van der Waals surface area contributed by atoms with Gasteiger partial charge in [0, 0.05) is 16.7 Å². The molecule has 0 unspecified atom stereocenters. The van der Waals surface area contributed by atoms with Gasteiger partial charge in [-0.2, -0.15) is 0 Å². The van der Waals surface area contributed by atoms with Crippen molar-refractivity contribution in [2.75, 3.05) is 32.6 Å². The third-order valence-electron chi connectivity index (χ3n) is 2.47. The number of carbonyl (C=O) groups excluding carboxylic acids is 2. The SMILES string of the molecule is COC(=O)CCN(C)CC(=O)Nc1ccc(Br)cc1. The van der Waals surface area contributed by atoms with Crippen LogP contribution in [0.4, 0.5) is 5.69 Å². The molecule has 5 nitrogen and oxygen atoms in total. The first kappa shape index (κ1) is 15.7. The summed E-state index contributed by atoms with van der Waals surface area (Å²) in [6.07, 6.45) is 0.276. The summed E-state index contributed by atoms with van der Waals surface area (Å²) >= 11 is 3.33. The highest BCUT2D eigenvalue weighted by molar-refractivity contribution is 9.10. The third kappa shape index (κ3) is 6.35. The van der Waals surface area contributed by atoms with E-state index in [0.717, 1.165) is 10.2 Å². The van der Waals surface area contributed by atoms with Crippen LogP contribution in [0.5, 0.6) is 0 Å². The Morgan fingerprint density at radius 3 is 2.53 bits per heavy atom. The molecule has 1 aromatic rings. The maximum atomic E-state index is 11.7. The molecule has 0 spiro atoms. The van der Waals surface area contributed by atoms with Gasteiger partial charge in [0.2, 0.25) is 5.91 Å². The summed E-state index contributed by atoms with van der Waals surface area (Å²) in [6, 6.07) is 7.35. The fourth-order valence-corrected chi connectivity index (χ4v) is 1.71. The van der Waals surface area contributed by atoms with Gasteiger partial charge in [0.25, 0.3) is 0 Å². The first-order valence-electron chi connectivity index (χ1n) is 5.82. The second kappa shape index (κ2) is 7.91. The van der Waals surface area contributed by atoms with Gasteiger partial charge in [-0.25, -0.2) is 0 Å². The van der Waals surface area contributed by atoms with Crippen molar-refractivity contribution >= 4 is 33.5 Å². The second-order valence-corrected chi connectivity index (χ2v) is 5.03. The minimum Gasteiger partial charge on any atom is -0.469 e. The Kier molecular flexibility index (Phi) is 6.52. The van der Waals surface area contributed by atoms with Crippen LogP contribution in [0.2, 0.25) is 0 Å². The summed E-state index contributed by atoms with van der Waals surface area (Å²) in [6.45, 7) is 0.716. The third-order valence-corrected chi connectivity index (χ3v) is 3.00. The van der Waals surface area contributed by atoms with Gasteiger partial charge < -0.3 is 10.1 Å². The lowest BCUT2D eigenvalue weighted by Gasteiger charge is -2.15. The van der Waals surface area contributed by atoms with Gasteiger partial charge in [-0.15, -0.1) is 0 Å². The highest BCUT2D eigenvalue weighted by atomic mass is 79.9. The van der Waals surface area contributed by atoms with Gasteiger partial charge in [-0.1, -0.05) is 15.9 Å². The number of amides is 1. The minimum atomic E-state index is -0.278. The van der Waals surface area contributed by atoms with Crippen molar-refractivity contribution in [1.29, 1.82) is 0 Å². The quantitative estimate of drug-likeness (QED) is 0.810. The molecule has 6 heteroatoms. The topological polar surface area (TPSA) is 58.6 Å². The number of anilines is 1. The number of rotatable bonds is 6. The van der Waals surface area contributed by atoms with E-state index in [2.05, 4.69) is 26.0 Å². The van der Waals surface area contributed by atoms with Crippen LogP contribution in [-0.4, -0.2) is 44.0 Å². The van der Waals surface area contributed by atoms with Crippen LogP contribution in [-0.2, 0) is 14.3 Å². The zero-order valence-corrected chi connectivity index (χ0v) is 12.6. The van der Waals surface area contributed by atoms with Crippen LogP contribution in [0.15, 0.2) is 28.7 Å². The molecule has 0 fully saturated rings. The van der Waals surface area contributed by atoms with Gasteiger partial charge in [0.05, 0.1) is 20.1 Å². The van der Waals surface area contributed by atoms with Crippen molar-refractivity contribution in [3.05, 3.63) is 28.7 Å². The molecule has 0 saturated heterocycles. The molecule has 0 atom stereocenters. The fourth-order valence-electron chi connectivity index (χ4n) is 1.44. The summed E-state index contributed by atoms with van der Waals surface area (Å²) < 4.78 is 5.50. The molecule has 0 aliphatic carbocycles. The molecular weight excluding hydrogens is 312 g/mol. The van der Waals surface area contributed by atoms with Crippen LogP contribution >= 0.6 is 15.9 Å². The van der Waals surface area contributed by atoms with Crippen molar-refractivity contribution in [2.24, 2.45) is 0 Å². The molecule has 0 saturated carbocycles. The molecule has 1 aromatic carbocycles. The molecule has 0 heterocycles. The average molecular weight is 329 g/mol. The number of halogens is 1. The van der Waals surface area contributed by atoms with E-state index in [1.165, 1.54) is 7.11 Å². The van der Waals surface area contributed by atoms with Gasteiger partial charge in [-0.05, 0) is 31.3 Å². The predicted molar refractivity (Wildman–Crippen MR) is 76.9 cm³/mol. The first-order chi connectivity index (χ1) is 9.01. The number of esters is 1. The van der Waals surface area contributed by atoms with Gasteiger partial charge in [0.15, 0.2) is 0 Å². The van der Waals surface area contributed by atoms with E-state index >= 15 is 0 Å². The molecule has 1 N–H and O–H groups in total. The molecule has 0 radical (unpaired) electrons. The number of likely N-dealkylation sites (N-methyl/N-ethyl adjacent to an activating group) is 1. The second-order valence-electron chi connectivity index (χ2n) is 4.12. The number of nitrogens with zero attached hydrogens (tertiary/aromatic N) is 1. The molecule has 1 amide bonds. The van der Waals surface area contributed by atoms with Crippen LogP contribution in [0.1, 0.15) is 6.42 Å². The van der Waals surface area contributed by atoms with Gasteiger partial charge in [-0.3, -0.25) is 14.5 Å². The Hall–Kier alpha value is -1.40. The van der Waals surface area contributed by atoms with Crippen LogP contribution in [0, 0.1) is 0 Å². The number of ether oxygens (including phenoxy) is 1. The standard InChI is InChI=1S/C13H17BrN2O3/c1-16(8-7-13(18)19-2)9-12(17)15-11-5-3-10(14)4-6-11/h3-6H,7-9H2,1-2H3,(H,15,17). The van der Waals surface area contributed by atoms with Crippen molar-refractivity contribution in [3.8, 4) is 0 Å². The van der Waals surface area contributed by atoms with Crippen LogP contribution in [0.25, 0.3) is 0 Å². The Morgan fingerprint density at radius 1 is 1.32 bits per heavy atom. The number of carbonyl (C=O) groups is 2. The zero-order chi connectivity index (χ0) is 14.3. The highest BCUT2D eigenvalue weighted by Gasteiger charge is 2.09. The number of methoxy groups -OCH3 is 1. The number of hydrogen-bond donors (Lipinski definition) is 1. The van der Waals surface area contributed by atoms with E-state index < -0.39 is 0 Å². The van der Waals surface area contributed by atoms with E-state index in [-0.39, 0.29) is 24.8 Å². The lowest BCUT2D eigenvalue weighted by Crippen LogP contribution is -2.31. The van der Waals surface area contributed by atoms with Gasteiger partial charge >= 0.3 is 5.97 Å². The van der Waals surface area contributed by atoms with Crippen LogP contribution in [0.3, 0.4) is 0 Å². The molecule has 19 heavy (non-hydrogen) atoms. The molecular formula is C13H17BrN2O3. The van der Waals surface area contributed by atoms with Crippen LogP contribution < -0.4 is 5.32 Å². The Morgan fingerprint density at radius 2 is 1.95 bits per heavy atom. The monoisotopic (exact) mass is 328 g/mol. The lowest BCUT2D eigenvalue weighted by molar-refractivity contribution is -0.141. The molecule has 1 rings (SSSR count). The largest absolute Gasteiger partial charge is 0.469 e. The van der Waals surface area contributed by atoms with Crippen molar-refractivity contribution in [1.82, 2.24) is 4.90 Å². The normalized spacial score (nSPS) is 10.3. The lowest BCUT2D eigenvalue weighted by atomic mass is 10.3. The zero-order valence-electron chi connectivity index (χ0n) is 11.0. The van der Waals surface area contributed by atoms with E-state index in [1.807, 2.05) is 24.3 Å². The highest BCUT2D eigenvalue weighted by Crippen LogP contribution is 2.13. The maximum Gasteiger partial charge on any atom is 0.306 e. The minimum absolute atomic E-state index is 0.116. The predicted octanol–water partition coefficient (Wildman–Crippen LogP) is 1.88. The molecule has 0 aromatic heterocycles. The smallest absolute Gasteiger partial charge is 0.306 e. The summed E-state index contributed by atoms with van der Waals surface area (Å²) in [4.78, 5) is 24.5. The Balaban J connectivity index is 2.34. The van der Waals surface area contributed by atoms with Crippen molar-refractivity contribution < 1.29 is 14.3 Å². The average Bonchev–Trinajstić information content (AvgIpc) is 2.38. The molecule has 0 bridgehead atoms. The van der Waals surface area contributed by atoms with E-state index in [4.69, 9.17) is 0 Å².